The number of aliphatic carboxylic acids is 1. The van der Waals surface area contributed by atoms with Gasteiger partial charge < -0.3 is 15.2 Å². The van der Waals surface area contributed by atoms with E-state index in [-0.39, 0.29) is 6.54 Å². The number of rotatable bonds is 6. The Hall–Kier alpha value is -2.35. The zero-order valence-corrected chi connectivity index (χ0v) is 9.67. The highest BCUT2D eigenvalue weighted by Gasteiger charge is 2.02. The molecule has 8 nitrogen and oxygen atoms in total. The minimum Gasteiger partial charge on any atom is -0.481 e. The van der Waals surface area contributed by atoms with Gasteiger partial charge in [-0.1, -0.05) is 6.07 Å². The van der Waals surface area contributed by atoms with Crippen molar-refractivity contribution in [2.45, 2.75) is 6.54 Å². The molecule has 1 rings (SSSR count). The number of ether oxygens (including phenoxy) is 1. The number of hydrogen-bond donors (Lipinski definition) is 3. The van der Waals surface area contributed by atoms with Crippen molar-refractivity contribution in [3.8, 4) is 5.88 Å². The Balaban J connectivity index is 2.26. The van der Waals surface area contributed by atoms with Gasteiger partial charge in [-0.2, -0.15) is 0 Å². The van der Waals surface area contributed by atoms with Crippen LogP contribution in [0.25, 0.3) is 0 Å². The van der Waals surface area contributed by atoms with Gasteiger partial charge in [0.25, 0.3) is 0 Å². The molecule has 0 aromatic carbocycles. The molecule has 18 heavy (non-hydrogen) atoms. The molecule has 0 atom stereocenters. The molecule has 8 heteroatoms. The van der Waals surface area contributed by atoms with E-state index >= 15 is 0 Å². The van der Waals surface area contributed by atoms with Gasteiger partial charge in [0.2, 0.25) is 5.88 Å². The van der Waals surface area contributed by atoms with Crippen LogP contribution in [-0.2, 0) is 16.2 Å². The number of carboxylic acid groups (broad SMARTS) is 1. The third-order valence-corrected chi connectivity index (χ3v) is 1.82. The normalized spacial score (nSPS) is 9.61. The van der Waals surface area contributed by atoms with Crippen LogP contribution < -0.4 is 15.5 Å². The first-order valence-corrected chi connectivity index (χ1v) is 4.98. The molecule has 0 unspecified atom stereocenters. The highest BCUT2D eigenvalue weighted by molar-refractivity contribution is 5.73. The molecule has 0 aliphatic heterocycles. The lowest BCUT2D eigenvalue weighted by Gasteiger charge is -2.06. The summed E-state index contributed by atoms with van der Waals surface area (Å²) in [5.74, 6) is -0.692. The molecule has 0 aliphatic carbocycles. The first-order chi connectivity index (χ1) is 8.61. The molecule has 0 aliphatic rings. The summed E-state index contributed by atoms with van der Waals surface area (Å²) in [6, 6.07) is 2.77. The van der Waals surface area contributed by atoms with Gasteiger partial charge >= 0.3 is 12.0 Å². The fourth-order valence-corrected chi connectivity index (χ4v) is 1.02. The number of hydroxylamine groups is 1. The summed E-state index contributed by atoms with van der Waals surface area (Å²) in [6.45, 7) is -0.364. The van der Waals surface area contributed by atoms with Crippen LogP contribution in [0.5, 0.6) is 5.88 Å². The molecule has 1 aromatic rings. The maximum atomic E-state index is 11.1. The quantitative estimate of drug-likeness (QED) is 0.612. The fraction of sp³-hybridized carbons (Fsp3) is 0.300. The lowest BCUT2D eigenvalue weighted by atomic mass is 10.3. The van der Waals surface area contributed by atoms with Crippen LogP contribution in [0.15, 0.2) is 18.3 Å². The number of hydrogen-bond acceptors (Lipinski definition) is 5. The Morgan fingerprint density at radius 3 is 2.78 bits per heavy atom. The second-order valence-electron chi connectivity index (χ2n) is 3.18. The van der Waals surface area contributed by atoms with Gasteiger partial charge in [-0.15, -0.1) is 0 Å². The summed E-state index contributed by atoms with van der Waals surface area (Å²) in [5, 5.41) is 10.7. The topological polar surface area (TPSA) is 110 Å². The Labute approximate surface area is 103 Å². The van der Waals surface area contributed by atoms with Crippen molar-refractivity contribution < 1.29 is 24.3 Å². The maximum absolute atomic E-state index is 11.1. The van der Waals surface area contributed by atoms with E-state index in [1.54, 1.807) is 18.3 Å². The molecular weight excluding hydrogens is 242 g/mol. The van der Waals surface area contributed by atoms with E-state index in [9.17, 15) is 9.59 Å². The number of nitrogens with one attached hydrogen (secondary N) is 2. The Bertz CT molecular complexity index is 406. The van der Waals surface area contributed by atoms with Crippen molar-refractivity contribution in [1.82, 2.24) is 15.8 Å². The third-order valence-electron chi connectivity index (χ3n) is 1.82. The third kappa shape index (κ3) is 5.12. The first-order valence-electron chi connectivity index (χ1n) is 4.98. The van der Waals surface area contributed by atoms with E-state index < -0.39 is 18.6 Å². The van der Waals surface area contributed by atoms with Crippen LogP contribution >= 0.6 is 0 Å². The number of nitrogens with zero attached hydrogens (tertiary/aromatic N) is 1. The van der Waals surface area contributed by atoms with E-state index in [2.05, 4.69) is 15.1 Å². The number of carbonyl (C=O) groups is 2. The molecule has 3 N–H and O–H groups in total. The molecule has 1 heterocycles. The van der Waals surface area contributed by atoms with E-state index in [1.807, 2.05) is 5.48 Å². The average molecular weight is 255 g/mol. The number of amides is 2. The number of aromatic nitrogens is 1. The summed E-state index contributed by atoms with van der Waals surface area (Å²) in [7, 11) is 1.51. The van der Waals surface area contributed by atoms with Crippen molar-refractivity contribution in [3.63, 3.8) is 0 Å². The van der Waals surface area contributed by atoms with Crippen LogP contribution in [0.2, 0.25) is 0 Å². The predicted octanol–water partition coefficient (Wildman–Crippen LogP) is -0.0944. The average Bonchev–Trinajstić information content (AvgIpc) is 2.36. The van der Waals surface area contributed by atoms with Crippen LogP contribution in [0, 0.1) is 0 Å². The summed E-state index contributed by atoms with van der Waals surface area (Å²) < 4.78 is 4.88. The molecule has 0 saturated heterocycles. The van der Waals surface area contributed by atoms with Crippen molar-refractivity contribution in [3.05, 3.63) is 23.9 Å². The number of carbonyl (C=O) groups excluding carboxylic acids is 1. The molecule has 0 fully saturated rings. The smallest absolute Gasteiger partial charge is 0.338 e. The molecule has 0 spiro atoms. The Morgan fingerprint density at radius 2 is 2.22 bits per heavy atom. The summed E-state index contributed by atoms with van der Waals surface area (Å²) in [4.78, 5) is 29.6. The van der Waals surface area contributed by atoms with Gasteiger partial charge in [0.15, 0.2) is 6.61 Å². The monoisotopic (exact) mass is 255 g/mol. The molecule has 0 saturated carbocycles. The standard InChI is InChI=1S/C10H13N3O5/c1-17-8-3-2-7(4-11-8)5-12-10(16)13-18-6-9(14)15/h2-4H,5-6H2,1H3,(H,14,15)(H2,12,13,16). The largest absolute Gasteiger partial charge is 0.481 e. The number of pyridine rings is 1. The van der Waals surface area contributed by atoms with Crippen LogP contribution in [0.3, 0.4) is 0 Å². The zero-order valence-electron chi connectivity index (χ0n) is 9.67. The van der Waals surface area contributed by atoms with E-state index in [1.165, 1.54) is 7.11 Å². The van der Waals surface area contributed by atoms with Crippen molar-refractivity contribution >= 4 is 12.0 Å². The van der Waals surface area contributed by atoms with Crippen molar-refractivity contribution in [2.24, 2.45) is 0 Å². The second-order valence-corrected chi connectivity index (χ2v) is 3.18. The number of urea groups is 1. The highest BCUT2D eigenvalue weighted by atomic mass is 16.7. The van der Waals surface area contributed by atoms with E-state index in [0.29, 0.717) is 5.88 Å². The second kappa shape index (κ2) is 7.07. The molecule has 98 valence electrons. The van der Waals surface area contributed by atoms with Crippen LogP contribution in [0.4, 0.5) is 4.79 Å². The summed E-state index contributed by atoms with van der Waals surface area (Å²) in [5.41, 5.74) is 2.70. The van der Waals surface area contributed by atoms with E-state index in [4.69, 9.17) is 9.84 Å². The molecule has 1 aromatic heterocycles. The van der Waals surface area contributed by atoms with Gasteiger partial charge in [0, 0.05) is 18.8 Å². The first kappa shape index (κ1) is 13.7. The van der Waals surface area contributed by atoms with Crippen LogP contribution in [0.1, 0.15) is 5.56 Å². The predicted molar refractivity (Wildman–Crippen MR) is 59.7 cm³/mol. The molecular formula is C10H13N3O5. The molecule has 0 bridgehead atoms. The van der Waals surface area contributed by atoms with Crippen molar-refractivity contribution in [1.29, 1.82) is 0 Å². The summed E-state index contributed by atoms with van der Waals surface area (Å²) >= 11 is 0. The SMILES string of the molecule is COc1ccc(CNC(=O)NOCC(=O)O)cn1. The number of methoxy groups -OCH3 is 1. The summed E-state index contributed by atoms with van der Waals surface area (Å²) in [6.07, 6.45) is 1.55. The van der Waals surface area contributed by atoms with E-state index in [0.717, 1.165) is 5.56 Å². The fourth-order valence-electron chi connectivity index (χ4n) is 1.02. The van der Waals surface area contributed by atoms with Gasteiger partial charge in [0.1, 0.15) is 0 Å². The molecule has 0 radical (unpaired) electrons. The maximum Gasteiger partial charge on any atom is 0.338 e. The highest BCUT2D eigenvalue weighted by Crippen LogP contribution is 2.05. The number of carboxylic acids is 1. The van der Waals surface area contributed by atoms with Gasteiger partial charge in [0.05, 0.1) is 7.11 Å². The zero-order chi connectivity index (χ0) is 13.4. The minimum atomic E-state index is -1.17. The minimum absolute atomic E-state index is 0.235. The Morgan fingerprint density at radius 1 is 1.44 bits per heavy atom. The van der Waals surface area contributed by atoms with Gasteiger partial charge in [-0.05, 0) is 5.56 Å². The van der Waals surface area contributed by atoms with Gasteiger partial charge in [-0.25, -0.2) is 20.1 Å². The lowest BCUT2D eigenvalue weighted by molar-refractivity contribution is -0.144. The van der Waals surface area contributed by atoms with Crippen LogP contribution in [-0.4, -0.2) is 35.8 Å². The van der Waals surface area contributed by atoms with Gasteiger partial charge in [-0.3, -0.25) is 4.84 Å². The Kier molecular flexibility index (Phi) is 5.39. The molecule has 2 amide bonds. The lowest BCUT2D eigenvalue weighted by Crippen LogP contribution is -2.36. The van der Waals surface area contributed by atoms with Crippen molar-refractivity contribution in [2.75, 3.05) is 13.7 Å².